The molecule has 0 aliphatic carbocycles. The topological polar surface area (TPSA) is 82.1 Å². The number of piperazine rings is 1. The van der Waals surface area contributed by atoms with Gasteiger partial charge in [-0.25, -0.2) is 13.9 Å². The van der Waals surface area contributed by atoms with Gasteiger partial charge in [0.2, 0.25) is 10.7 Å². The Morgan fingerprint density at radius 1 is 1.33 bits per heavy atom. The molecule has 140 valence electrons. The van der Waals surface area contributed by atoms with Gasteiger partial charge in [-0.3, -0.25) is 9.39 Å². The molecule has 1 unspecified atom stereocenters. The first-order valence-corrected chi connectivity index (χ1v) is 11.2. The Morgan fingerprint density at radius 3 is 2.96 bits per heavy atom. The van der Waals surface area contributed by atoms with Crippen molar-refractivity contribution < 1.29 is 13.0 Å². The summed E-state index contributed by atoms with van der Waals surface area (Å²) in [5, 5.41) is 5.04. The Hall–Kier alpha value is -2.01. The average Bonchev–Trinajstić information content (AvgIpc) is 3.35. The zero-order chi connectivity index (χ0) is 18.6. The van der Waals surface area contributed by atoms with Gasteiger partial charge in [-0.1, -0.05) is 11.6 Å². The van der Waals surface area contributed by atoms with Gasteiger partial charge in [-0.15, -0.1) is 11.3 Å². The van der Waals surface area contributed by atoms with Crippen LogP contribution in [0.2, 0.25) is 5.15 Å². The molecule has 1 fully saturated rings. The van der Waals surface area contributed by atoms with Gasteiger partial charge >= 0.3 is 0 Å². The number of dihydropyridines is 1. The largest absolute Gasteiger partial charge is 0.305 e. The highest BCUT2D eigenvalue weighted by Gasteiger charge is 2.38. The normalized spacial score (nSPS) is 22.6. The SMILES string of the molecule is O=S(=O)(c1c(Cl)nc2sccn12)N1C=CC2N=CC(=[N+]3CCNCC3)C=C21. The van der Waals surface area contributed by atoms with Gasteiger partial charge in [0.15, 0.2) is 23.2 Å². The lowest BCUT2D eigenvalue weighted by atomic mass is 10.1. The molecule has 5 heterocycles. The third kappa shape index (κ3) is 2.66. The van der Waals surface area contributed by atoms with Gasteiger partial charge in [0.1, 0.15) is 6.04 Å². The van der Waals surface area contributed by atoms with Crippen LogP contribution in [-0.4, -0.2) is 70.8 Å². The van der Waals surface area contributed by atoms with Crippen molar-refractivity contribution >= 4 is 49.8 Å². The number of allylic oxidation sites excluding steroid dienone is 1. The number of sulfonamides is 1. The molecular weight excluding hydrogens is 408 g/mol. The minimum atomic E-state index is -3.91. The van der Waals surface area contributed by atoms with Crippen molar-refractivity contribution in [1.82, 2.24) is 19.0 Å². The minimum absolute atomic E-state index is 0.0232. The molecule has 5 rings (SSSR count). The number of nitrogens with zero attached hydrogens (tertiary/aromatic N) is 5. The van der Waals surface area contributed by atoms with Crippen molar-refractivity contribution in [2.45, 2.75) is 11.1 Å². The Kier molecular flexibility index (Phi) is 3.97. The fourth-order valence-corrected chi connectivity index (χ4v) is 6.27. The lowest BCUT2D eigenvalue weighted by molar-refractivity contribution is -0.529. The molecule has 0 spiro atoms. The van der Waals surface area contributed by atoms with Gasteiger partial charge in [-0.2, -0.15) is 8.42 Å². The summed E-state index contributed by atoms with van der Waals surface area (Å²) in [6.45, 7) is 3.51. The summed E-state index contributed by atoms with van der Waals surface area (Å²) in [5.74, 6) is 0. The number of rotatable bonds is 2. The minimum Gasteiger partial charge on any atom is -0.305 e. The molecule has 0 bridgehead atoms. The van der Waals surface area contributed by atoms with Gasteiger partial charge in [0, 0.05) is 23.9 Å². The number of aromatic nitrogens is 2. The molecular formula is C16H16ClN6O2S2+. The summed E-state index contributed by atoms with van der Waals surface area (Å²) < 4.78 is 31.7. The molecule has 2 aromatic heterocycles. The maximum atomic E-state index is 13.4. The zero-order valence-electron chi connectivity index (χ0n) is 14.1. The Morgan fingerprint density at radius 2 is 2.15 bits per heavy atom. The number of aliphatic imine (C=N–C) groups is 1. The molecule has 2 aromatic rings. The standard InChI is InChI=1S/C16H16ClN6O2S2/c17-14-15(22-7-8-26-16(22)20-14)27(24,25)23-4-1-12-13(23)9-11(10-19-12)21-5-2-18-3-6-21/h1,4,7-10,12,18H,2-3,5-6H2/q+1. The smallest absolute Gasteiger partial charge is 0.287 e. The van der Waals surface area contributed by atoms with Crippen LogP contribution in [0.3, 0.4) is 0 Å². The Bertz CT molecular complexity index is 1150. The van der Waals surface area contributed by atoms with E-state index in [1.165, 1.54) is 20.0 Å². The van der Waals surface area contributed by atoms with Crippen LogP contribution in [0.1, 0.15) is 0 Å². The van der Waals surface area contributed by atoms with Crippen LogP contribution in [0.25, 0.3) is 4.96 Å². The van der Waals surface area contributed by atoms with Crippen LogP contribution in [-0.2, 0) is 10.0 Å². The number of fused-ring (bicyclic) bond motifs is 2. The second-order valence-electron chi connectivity index (χ2n) is 6.36. The van der Waals surface area contributed by atoms with Crippen LogP contribution >= 0.6 is 22.9 Å². The lowest BCUT2D eigenvalue weighted by Crippen LogP contribution is -2.41. The molecule has 1 N–H and O–H groups in total. The first-order valence-electron chi connectivity index (χ1n) is 8.47. The van der Waals surface area contributed by atoms with E-state index in [4.69, 9.17) is 11.6 Å². The Balaban J connectivity index is 1.59. The summed E-state index contributed by atoms with van der Waals surface area (Å²) in [5.41, 5.74) is 1.53. The van der Waals surface area contributed by atoms with Crippen LogP contribution in [0.4, 0.5) is 0 Å². The molecule has 1 saturated heterocycles. The number of halogens is 1. The van der Waals surface area contributed by atoms with E-state index in [-0.39, 0.29) is 16.2 Å². The van der Waals surface area contributed by atoms with Crippen molar-refractivity contribution in [3.05, 3.63) is 40.8 Å². The molecule has 0 saturated carbocycles. The summed E-state index contributed by atoms with van der Waals surface area (Å²) in [6, 6.07) is -0.309. The van der Waals surface area contributed by atoms with E-state index in [0.717, 1.165) is 31.9 Å². The molecule has 1 atom stereocenters. The van der Waals surface area contributed by atoms with Crippen LogP contribution in [0, 0.1) is 0 Å². The summed E-state index contributed by atoms with van der Waals surface area (Å²) in [7, 11) is -3.91. The first kappa shape index (κ1) is 17.1. The summed E-state index contributed by atoms with van der Waals surface area (Å²) in [4.78, 5) is 9.22. The molecule has 0 radical (unpaired) electrons. The molecule has 0 aromatic carbocycles. The molecule has 8 nitrogen and oxygen atoms in total. The van der Waals surface area contributed by atoms with Crippen molar-refractivity contribution in [2.24, 2.45) is 4.99 Å². The first-order chi connectivity index (χ1) is 13.1. The van der Waals surface area contributed by atoms with Crippen LogP contribution < -0.4 is 5.32 Å². The van der Waals surface area contributed by atoms with E-state index in [1.54, 1.807) is 23.9 Å². The predicted molar refractivity (Wildman–Crippen MR) is 104 cm³/mol. The van der Waals surface area contributed by atoms with Gasteiger partial charge in [0.05, 0.1) is 25.0 Å². The second-order valence-corrected chi connectivity index (χ2v) is 9.32. The van der Waals surface area contributed by atoms with E-state index in [9.17, 15) is 8.42 Å². The van der Waals surface area contributed by atoms with E-state index >= 15 is 0 Å². The second kappa shape index (κ2) is 6.26. The number of hydrogen-bond donors (Lipinski definition) is 1. The number of hydrogen-bond acceptors (Lipinski definition) is 6. The Labute approximate surface area is 164 Å². The quantitative estimate of drug-likeness (QED) is 0.729. The van der Waals surface area contributed by atoms with Crippen molar-refractivity contribution in [2.75, 3.05) is 26.2 Å². The van der Waals surface area contributed by atoms with Gasteiger partial charge < -0.3 is 5.32 Å². The maximum absolute atomic E-state index is 13.4. The fraction of sp³-hybridized carbons (Fsp3) is 0.312. The number of nitrogens with one attached hydrogen (secondary N) is 1. The monoisotopic (exact) mass is 423 g/mol. The summed E-state index contributed by atoms with van der Waals surface area (Å²) in [6.07, 6.45) is 8.71. The fourth-order valence-electron chi connectivity index (χ4n) is 3.47. The van der Waals surface area contributed by atoms with Crippen molar-refractivity contribution in [1.29, 1.82) is 0 Å². The predicted octanol–water partition coefficient (Wildman–Crippen LogP) is 0.961. The highest BCUT2D eigenvalue weighted by molar-refractivity contribution is 7.89. The highest BCUT2D eigenvalue weighted by atomic mass is 35.5. The molecule has 0 amide bonds. The molecule has 3 aliphatic rings. The molecule has 11 heteroatoms. The van der Waals surface area contributed by atoms with Crippen LogP contribution in [0.15, 0.2) is 45.6 Å². The highest BCUT2D eigenvalue weighted by Crippen LogP contribution is 2.34. The van der Waals surface area contributed by atoms with E-state index in [0.29, 0.717) is 10.7 Å². The molecule has 3 aliphatic heterocycles. The lowest BCUT2D eigenvalue weighted by Gasteiger charge is -2.22. The molecule has 27 heavy (non-hydrogen) atoms. The summed E-state index contributed by atoms with van der Waals surface area (Å²) >= 11 is 7.51. The van der Waals surface area contributed by atoms with Crippen molar-refractivity contribution in [3.8, 4) is 0 Å². The third-order valence-electron chi connectivity index (χ3n) is 4.79. The third-order valence-corrected chi connectivity index (χ3v) is 7.65. The van der Waals surface area contributed by atoms with E-state index in [2.05, 4.69) is 19.9 Å². The maximum Gasteiger partial charge on any atom is 0.287 e. The van der Waals surface area contributed by atoms with Crippen molar-refractivity contribution in [3.63, 3.8) is 0 Å². The number of thiazole rings is 1. The average molecular weight is 424 g/mol. The van der Waals surface area contributed by atoms with Crippen LogP contribution in [0.5, 0.6) is 0 Å². The van der Waals surface area contributed by atoms with E-state index < -0.39 is 10.0 Å². The van der Waals surface area contributed by atoms with Gasteiger partial charge in [-0.05, 0) is 6.08 Å². The van der Waals surface area contributed by atoms with Gasteiger partial charge in [0.25, 0.3) is 10.0 Å². The number of imidazole rings is 1. The zero-order valence-corrected chi connectivity index (χ0v) is 16.5. The van der Waals surface area contributed by atoms with E-state index in [1.807, 2.05) is 12.3 Å².